The molecular weight excluding hydrogens is 372 g/mol. The van der Waals surface area contributed by atoms with E-state index in [9.17, 15) is 9.59 Å². The fraction of sp³-hybridized carbons (Fsp3) is 0.368. The van der Waals surface area contributed by atoms with Gasteiger partial charge >= 0.3 is 6.09 Å². The lowest BCUT2D eigenvalue weighted by Crippen LogP contribution is -2.46. The van der Waals surface area contributed by atoms with Gasteiger partial charge in [-0.15, -0.1) is 11.3 Å². The van der Waals surface area contributed by atoms with E-state index in [1.807, 2.05) is 25.1 Å². The van der Waals surface area contributed by atoms with Gasteiger partial charge in [-0.05, 0) is 49.9 Å². The highest BCUT2D eigenvalue weighted by Gasteiger charge is 2.28. The minimum absolute atomic E-state index is 0.0377. The second-order valence-electron chi connectivity index (χ2n) is 6.37. The van der Waals surface area contributed by atoms with Crippen LogP contribution in [0.15, 0.2) is 42.5 Å². The van der Waals surface area contributed by atoms with Crippen LogP contribution in [0.1, 0.15) is 29.4 Å². The molecule has 3 rings (SSSR count). The molecule has 1 aromatic carbocycles. The van der Waals surface area contributed by atoms with Crippen molar-refractivity contribution in [1.82, 2.24) is 10.2 Å². The predicted molar refractivity (Wildman–Crippen MR) is 103 cm³/mol. The van der Waals surface area contributed by atoms with Gasteiger partial charge in [0.25, 0.3) is 5.91 Å². The minimum Gasteiger partial charge on any atom is -0.410 e. The molecule has 138 valence electrons. The Morgan fingerprint density at radius 3 is 2.50 bits per heavy atom. The third kappa shape index (κ3) is 4.77. The number of nitrogens with zero attached hydrogens (tertiary/aromatic N) is 1. The van der Waals surface area contributed by atoms with E-state index < -0.39 is 0 Å². The lowest BCUT2D eigenvalue weighted by molar-refractivity contribution is 0.0899. The second kappa shape index (κ2) is 8.56. The van der Waals surface area contributed by atoms with Gasteiger partial charge in [-0.3, -0.25) is 4.79 Å². The largest absolute Gasteiger partial charge is 0.415 e. The molecule has 0 radical (unpaired) electrons. The average Bonchev–Trinajstić information content (AvgIpc) is 3.09. The van der Waals surface area contributed by atoms with E-state index in [-0.39, 0.29) is 18.0 Å². The number of halogens is 1. The molecule has 1 aromatic heterocycles. The Morgan fingerprint density at radius 2 is 1.88 bits per heavy atom. The van der Waals surface area contributed by atoms with Gasteiger partial charge in [-0.1, -0.05) is 29.8 Å². The summed E-state index contributed by atoms with van der Waals surface area (Å²) in [6.07, 6.45) is 1.34. The first-order valence-electron chi connectivity index (χ1n) is 8.61. The number of likely N-dealkylation sites (tertiary alicyclic amines) is 1. The average molecular weight is 393 g/mol. The highest BCUT2D eigenvalue weighted by molar-refractivity contribution is 7.18. The molecule has 0 aliphatic carbocycles. The van der Waals surface area contributed by atoms with Gasteiger partial charge in [-0.25, -0.2) is 4.79 Å². The third-order valence-corrected chi connectivity index (χ3v) is 5.84. The van der Waals surface area contributed by atoms with Crippen molar-refractivity contribution in [3.05, 3.63) is 51.7 Å². The molecule has 7 heteroatoms. The standard InChI is InChI=1S/C19H21ClN2O3S/c1-13(21-18(23)16-7-8-17(20)26-16)14-9-11-22(12-10-14)19(24)25-15-5-3-2-4-6-15/h2-8,13-14H,9-12H2,1H3,(H,21,23). The van der Waals surface area contributed by atoms with Crippen LogP contribution in [0.3, 0.4) is 0 Å². The van der Waals surface area contributed by atoms with E-state index in [1.54, 1.807) is 29.2 Å². The van der Waals surface area contributed by atoms with Crippen LogP contribution < -0.4 is 10.1 Å². The van der Waals surface area contributed by atoms with Gasteiger partial charge in [0.15, 0.2) is 0 Å². The van der Waals surface area contributed by atoms with Crippen LogP contribution in [0.5, 0.6) is 5.75 Å². The summed E-state index contributed by atoms with van der Waals surface area (Å²) in [4.78, 5) is 26.8. The molecule has 1 atom stereocenters. The maximum atomic E-state index is 12.2. The number of piperidine rings is 1. The van der Waals surface area contributed by atoms with Gasteiger partial charge in [0.05, 0.1) is 9.21 Å². The number of benzene rings is 1. The highest BCUT2D eigenvalue weighted by atomic mass is 35.5. The Morgan fingerprint density at radius 1 is 1.19 bits per heavy atom. The van der Waals surface area contributed by atoms with Gasteiger partial charge in [0, 0.05) is 19.1 Å². The normalized spacial score (nSPS) is 16.2. The summed E-state index contributed by atoms with van der Waals surface area (Å²) in [7, 11) is 0. The second-order valence-corrected chi connectivity index (χ2v) is 8.09. The lowest BCUT2D eigenvalue weighted by atomic mass is 9.90. The lowest BCUT2D eigenvalue weighted by Gasteiger charge is -2.34. The quantitative estimate of drug-likeness (QED) is 0.837. The van der Waals surface area contributed by atoms with Crippen molar-refractivity contribution in [2.45, 2.75) is 25.8 Å². The molecule has 2 amide bonds. The zero-order valence-corrected chi connectivity index (χ0v) is 16.1. The summed E-state index contributed by atoms with van der Waals surface area (Å²) in [5.41, 5.74) is 0. The molecule has 5 nitrogen and oxygen atoms in total. The maximum Gasteiger partial charge on any atom is 0.415 e. The van der Waals surface area contributed by atoms with Crippen molar-refractivity contribution in [3.8, 4) is 5.75 Å². The molecule has 0 spiro atoms. The van der Waals surface area contributed by atoms with E-state index in [0.29, 0.717) is 34.0 Å². The molecule has 1 N–H and O–H groups in total. The third-order valence-electron chi connectivity index (χ3n) is 4.61. The SMILES string of the molecule is CC(NC(=O)c1ccc(Cl)s1)C1CCN(C(=O)Oc2ccccc2)CC1. The summed E-state index contributed by atoms with van der Waals surface area (Å²) in [6.45, 7) is 3.26. The van der Waals surface area contributed by atoms with Crippen molar-refractivity contribution < 1.29 is 14.3 Å². The number of para-hydroxylation sites is 1. The smallest absolute Gasteiger partial charge is 0.410 e. The molecule has 2 aromatic rings. The molecule has 1 aliphatic heterocycles. The van der Waals surface area contributed by atoms with Crippen LogP contribution in [0.2, 0.25) is 4.34 Å². The molecule has 26 heavy (non-hydrogen) atoms. The number of hydrogen-bond donors (Lipinski definition) is 1. The summed E-state index contributed by atoms with van der Waals surface area (Å²) >= 11 is 7.16. The molecule has 1 aliphatic rings. The zero-order chi connectivity index (χ0) is 18.5. The van der Waals surface area contributed by atoms with Crippen LogP contribution in [0.4, 0.5) is 4.79 Å². The van der Waals surface area contributed by atoms with Gasteiger partial charge in [0.2, 0.25) is 0 Å². The number of carbonyl (C=O) groups excluding carboxylic acids is 2. The Kier molecular flexibility index (Phi) is 6.16. The van der Waals surface area contributed by atoms with Crippen molar-refractivity contribution in [3.63, 3.8) is 0 Å². The van der Waals surface area contributed by atoms with Gasteiger partial charge in [0.1, 0.15) is 5.75 Å². The summed E-state index contributed by atoms with van der Waals surface area (Å²) in [5, 5.41) is 3.04. The zero-order valence-electron chi connectivity index (χ0n) is 14.5. The number of ether oxygens (including phenoxy) is 1. The fourth-order valence-electron chi connectivity index (χ4n) is 3.07. The van der Waals surface area contributed by atoms with E-state index in [0.717, 1.165) is 12.8 Å². The van der Waals surface area contributed by atoms with Crippen molar-refractivity contribution in [1.29, 1.82) is 0 Å². The first kappa shape index (κ1) is 18.7. The summed E-state index contributed by atoms with van der Waals surface area (Å²) in [6, 6.07) is 12.6. The molecule has 1 saturated heterocycles. The van der Waals surface area contributed by atoms with E-state index in [2.05, 4.69) is 5.32 Å². The van der Waals surface area contributed by atoms with Crippen LogP contribution >= 0.6 is 22.9 Å². The number of thiophene rings is 1. The van der Waals surface area contributed by atoms with E-state index >= 15 is 0 Å². The monoisotopic (exact) mass is 392 g/mol. The number of carbonyl (C=O) groups is 2. The highest BCUT2D eigenvalue weighted by Crippen LogP contribution is 2.24. The van der Waals surface area contributed by atoms with E-state index in [1.165, 1.54) is 11.3 Å². The molecular formula is C19H21ClN2O3S. The summed E-state index contributed by atoms with van der Waals surface area (Å²) < 4.78 is 5.99. The van der Waals surface area contributed by atoms with Crippen LogP contribution in [0.25, 0.3) is 0 Å². The van der Waals surface area contributed by atoms with Gasteiger partial charge in [-0.2, -0.15) is 0 Å². The number of rotatable bonds is 4. The molecule has 0 bridgehead atoms. The summed E-state index contributed by atoms with van der Waals surface area (Å²) in [5.74, 6) is 0.783. The Hall–Kier alpha value is -2.05. The van der Waals surface area contributed by atoms with Crippen molar-refractivity contribution in [2.24, 2.45) is 5.92 Å². The maximum absolute atomic E-state index is 12.2. The van der Waals surface area contributed by atoms with E-state index in [4.69, 9.17) is 16.3 Å². The van der Waals surface area contributed by atoms with Crippen molar-refractivity contribution in [2.75, 3.05) is 13.1 Å². The van der Waals surface area contributed by atoms with Crippen LogP contribution in [-0.2, 0) is 0 Å². The van der Waals surface area contributed by atoms with Gasteiger partial charge < -0.3 is 15.0 Å². The van der Waals surface area contributed by atoms with Crippen LogP contribution in [0, 0.1) is 5.92 Å². The molecule has 0 saturated carbocycles. The first-order chi connectivity index (χ1) is 12.5. The fourth-order valence-corrected chi connectivity index (χ4v) is 4.01. The van der Waals surface area contributed by atoms with Crippen molar-refractivity contribution >= 4 is 34.9 Å². The Labute approximate surface area is 161 Å². The first-order valence-corrected chi connectivity index (χ1v) is 9.80. The molecule has 2 heterocycles. The molecule has 1 unspecified atom stereocenters. The van der Waals surface area contributed by atoms with Crippen LogP contribution in [-0.4, -0.2) is 36.0 Å². The Balaban J connectivity index is 1.47. The number of hydrogen-bond acceptors (Lipinski definition) is 4. The minimum atomic E-state index is -0.320. The number of amides is 2. The number of nitrogens with one attached hydrogen (secondary N) is 1. The topological polar surface area (TPSA) is 58.6 Å². The predicted octanol–water partition coefficient (Wildman–Crippen LogP) is 4.43. The Bertz CT molecular complexity index is 757. The molecule has 1 fully saturated rings.